The Hall–Kier alpha value is -1.43. The maximum Gasteiger partial charge on any atom is 0.253 e. The number of nitrogens with zero attached hydrogens (tertiary/aromatic N) is 1. The van der Waals surface area contributed by atoms with E-state index in [1.807, 2.05) is 6.92 Å². The number of hydrogen-bond acceptors (Lipinski definition) is 4. The van der Waals surface area contributed by atoms with Crippen molar-refractivity contribution in [3.05, 3.63) is 24.0 Å². The highest BCUT2D eigenvalue weighted by atomic mass is 32.2. The van der Waals surface area contributed by atoms with Gasteiger partial charge in [0.05, 0.1) is 17.4 Å². The van der Waals surface area contributed by atoms with Crippen LogP contribution in [0.4, 0.5) is 5.69 Å². The molecule has 2 unspecified atom stereocenters. The van der Waals surface area contributed by atoms with Gasteiger partial charge in [0.25, 0.3) is 5.91 Å². The average Bonchev–Trinajstić information content (AvgIpc) is 2.42. The molecule has 5 nitrogen and oxygen atoms in total. The SMILES string of the molecule is CCCNc1cnccc1C(=O)NCC(C)S(C)=O. The van der Waals surface area contributed by atoms with Gasteiger partial charge in [-0.1, -0.05) is 6.92 Å². The quantitative estimate of drug-likeness (QED) is 0.793. The van der Waals surface area contributed by atoms with Gasteiger partial charge in [0.15, 0.2) is 0 Å². The highest BCUT2D eigenvalue weighted by Crippen LogP contribution is 2.13. The zero-order chi connectivity index (χ0) is 14.3. The van der Waals surface area contributed by atoms with E-state index in [9.17, 15) is 9.00 Å². The van der Waals surface area contributed by atoms with E-state index in [2.05, 4.69) is 22.5 Å². The number of pyridine rings is 1. The first-order valence-electron chi connectivity index (χ1n) is 6.34. The number of carbonyl (C=O) groups excluding carboxylic acids is 1. The Bertz CT molecular complexity index is 451. The van der Waals surface area contributed by atoms with E-state index in [1.54, 1.807) is 24.7 Å². The third kappa shape index (κ3) is 4.98. The fraction of sp³-hybridized carbons (Fsp3) is 0.538. The van der Waals surface area contributed by atoms with Crippen molar-refractivity contribution in [2.45, 2.75) is 25.5 Å². The standard InChI is InChI=1S/C13H21N3O2S/c1-4-6-15-12-9-14-7-5-11(12)13(17)16-8-10(2)19(3)18/h5,7,9-10,15H,4,6,8H2,1-3H3,(H,16,17). The normalized spacial score (nSPS) is 13.6. The summed E-state index contributed by atoms with van der Waals surface area (Å²) < 4.78 is 11.2. The molecule has 1 rings (SSSR count). The molecule has 1 aromatic rings. The van der Waals surface area contributed by atoms with Crippen LogP contribution >= 0.6 is 0 Å². The van der Waals surface area contributed by atoms with Crippen molar-refractivity contribution >= 4 is 22.4 Å². The van der Waals surface area contributed by atoms with Gasteiger partial charge < -0.3 is 10.6 Å². The molecule has 1 heterocycles. The summed E-state index contributed by atoms with van der Waals surface area (Å²) in [5.74, 6) is -0.168. The van der Waals surface area contributed by atoms with Crippen molar-refractivity contribution in [1.82, 2.24) is 10.3 Å². The summed E-state index contributed by atoms with van der Waals surface area (Å²) >= 11 is 0. The van der Waals surface area contributed by atoms with Crippen LogP contribution in [0.3, 0.4) is 0 Å². The van der Waals surface area contributed by atoms with Crippen LogP contribution in [0.1, 0.15) is 30.6 Å². The van der Waals surface area contributed by atoms with Gasteiger partial charge in [-0.05, 0) is 19.4 Å². The van der Waals surface area contributed by atoms with Gasteiger partial charge in [0.2, 0.25) is 0 Å². The van der Waals surface area contributed by atoms with Crippen LogP contribution in [-0.4, -0.2) is 39.7 Å². The lowest BCUT2D eigenvalue weighted by Gasteiger charge is -2.13. The molecular weight excluding hydrogens is 262 g/mol. The lowest BCUT2D eigenvalue weighted by Crippen LogP contribution is -2.33. The molecule has 106 valence electrons. The van der Waals surface area contributed by atoms with Crippen LogP contribution in [0.2, 0.25) is 0 Å². The number of anilines is 1. The van der Waals surface area contributed by atoms with Crippen LogP contribution in [0, 0.1) is 0 Å². The molecule has 2 N–H and O–H groups in total. The number of aromatic nitrogens is 1. The Morgan fingerprint density at radius 2 is 2.26 bits per heavy atom. The highest BCUT2D eigenvalue weighted by molar-refractivity contribution is 7.84. The summed E-state index contributed by atoms with van der Waals surface area (Å²) in [7, 11) is -0.936. The van der Waals surface area contributed by atoms with Gasteiger partial charge in [-0.15, -0.1) is 0 Å². The largest absolute Gasteiger partial charge is 0.383 e. The van der Waals surface area contributed by atoms with Gasteiger partial charge in [-0.3, -0.25) is 14.0 Å². The maximum absolute atomic E-state index is 12.1. The van der Waals surface area contributed by atoms with E-state index in [0.717, 1.165) is 18.7 Å². The molecule has 0 saturated heterocycles. The molecule has 0 aliphatic heterocycles. The van der Waals surface area contributed by atoms with E-state index in [1.165, 1.54) is 0 Å². The first-order chi connectivity index (χ1) is 9.06. The number of carbonyl (C=O) groups is 1. The Morgan fingerprint density at radius 1 is 1.53 bits per heavy atom. The zero-order valence-corrected chi connectivity index (χ0v) is 12.4. The van der Waals surface area contributed by atoms with Crippen molar-refractivity contribution in [2.75, 3.05) is 24.7 Å². The molecule has 1 aromatic heterocycles. The predicted molar refractivity (Wildman–Crippen MR) is 78.9 cm³/mol. The summed E-state index contributed by atoms with van der Waals surface area (Å²) in [5, 5.41) is 5.91. The second-order valence-electron chi connectivity index (χ2n) is 4.37. The number of amides is 1. The lowest BCUT2D eigenvalue weighted by atomic mass is 10.2. The molecule has 0 saturated carbocycles. The number of nitrogens with one attached hydrogen (secondary N) is 2. The molecule has 0 bridgehead atoms. The van der Waals surface area contributed by atoms with Gasteiger partial charge in [-0.25, -0.2) is 0 Å². The molecule has 0 aliphatic carbocycles. The number of rotatable bonds is 7. The van der Waals surface area contributed by atoms with E-state index >= 15 is 0 Å². The Balaban J connectivity index is 2.68. The summed E-state index contributed by atoms with van der Waals surface area (Å²) in [6, 6.07) is 1.68. The molecule has 0 fully saturated rings. The Labute approximate surface area is 116 Å². The van der Waals surface area contributed by atoms with Crippen LogP contribution in [-0.2, 0) is 10.8 Å². The third-order valence-electron chi connectivity index (χ3n) is 2.75. The molecular formula is C13H21N3O2S. The van der Waals surface area contributed by atoms with Gasteiger partial charge >= 0.3 is 0 Å². The van der Waals surface area contributed by atoms with Crippen molar-refractivity contribution in [3.63, 3.8) is 0 Å². The number of hydrogen-bond donors (Lipinski definition) is 2. The Kier molecular flexibility index (Phi) is 6.49. The van der Waals surface area contributed by atoms with Crippen LogP contribution in [0.5, 0.6) is 0 Å². The van der Waals surface area contributed by atoms with Crippen molar-refractivity contribution in [3.8, 4) is 0 Å². The Morgan fingerprint density at radius 3 is 2.89 bits per heavy atom. The zero-order valence-electron chi connectivity index (χ0n) is 11.6. The minimum Gasteiger partial charge on any atom is -0.383 e. The van der Waals surface area contributed by atoms with E-state index < -0.39 is 10.8 Å². The van der Waals surface area contributed by atoms with Crippen LogP contribution in [0.25, 0.3) is 0 Å². The first kappa shape index (κ1) is 15.6. The minimum atomic E-state index is -0.936. The molecule has 2 atom stereocenters. The molecule has 6 heteroatoms. The molecule has 0 radical (unpaired) electrons. The van der Waals surface area contributed by atoms with Crippen molar-refractivity contribution < 1.29 is 9.00 Å². The van der Waals surface area contributed by atoms with Crippen LogP contribution in [0.15, 0.2) is 18.5 Å². The summed E-state index contributed by atoms with van der Waals surface area (Å²) in [4.78, 5) is 16.1. The smallest absolute Gasteiger partial charge is 0.253 e. The van der Waals surface area contributed by atoms with Crippen LogP contribution < -0.4 is 10.6 Å². The van der Waals surface area contributed by atoms with Gasteiger partial charge in [0, 0.05) is 41.6 Å². The molecule has 19 heavy (non-hydrogen) atoms. The first-order valence-corrected chi connectivity index (χ1v) is 7.96. The minimum absolute atomic E-state index is 0.0576. The fourth-order valence-corrected chi connectivity index (χ4v) is 1.76. The van der Waals surface area contributed by atoms with Gasteiger partial charge in [-0.2, -0.15) is 0 Å². The second kappa shape index (κ2) is 7.89. The topological polar surface area (TPSA) is 71.1 Å². The molecule has 0 aromatic carbocycles. The fourth-order valence-electron chi connectivity index (χ4n) is 1.44. The highest BCUT2D eigenvalue weighted by Gasteiger charge is 2.13. The maximum atomic E-state index is 12.1. The van der Waals surface area contributed by atoms with E-state index in [0.29, 0.717) is 12.1 Å². The third-order valence-corrected chi connectivity index (χ3v) is 4.05. The summed E-state index contributed by atoms with van der Waals surface area (Å²) in [6.45, 7) is 5.10. The second-order valence-corrected chi connectivity index (χ2v) is 6.17. The summed E-state index contributed by atoms with van der Waals surface area (Å²) in [6.07, 6.45) is 5.85. The van der Waals surface area contributed by atoms with Gasteiger partial charge in [0.1, 0.15) is 0 Å². The summed E-state index contributed by atoms with van der Waals surface area (Å²) in [5.41, 5.74) is 1.30. The lowest BCUT2D eigenvalue weighted by molar-refractivity contribution is 0.0955. The van der Waals surface area contributed by atoms with Crippen molar-refractivity contribution in [1.29, 1.82) is 0 Å². The molecule has 1 amide bonds. The van der Waals surface area contributed by atoms with E-state index in [4.69, 9.17) is 0 Å². The van der Waals surface area contributed by atoms with Crippen molar-refractivity contribution in [2.24, 2.45) is 0 Å². The molecule has 0 aliphatic rings. The average molecular weight is 283 g/mol. The predicted octanol–water partition coefficient (Wildman–Crippen LogP) is 1.40. The monoisotopic (exact) mass is 283 g/mol. The molecule has 0 spiro atoms. The van der Waals surface area contributed by atoms with E-state index in [-0.39, 0.29) is 11.2 Å².